The van der Waals surface area contributed by atoms with Gasteiger partial charge in [0.2, 0.25) is 6.79 Å². The molecule has 1 aromatic heterocycles. The maximum absolute atomic E-state index is 13.6. The molecule has 3 aromatic rings. The summed E-state index contributed by atoms with van der Waals surface area (Å²) in [4.78, 5) is 4.42. The van der Waals surface area contributed by atoms with Gasteiger partial charge in [0.05, 0.1) is 6.04 Å². The van der Waals surface area contributed by atoms with Crippen LogP contribution in [0, 0.1) is 5.82 Å². The largest absolute Gasteiger partial charge is 0.505 e. The molecule has 0 spiro atoms. The third-order valence-electron chi connectivity index (χ3n) is 4.17. The number of fused-ring (bicyclic) bond motifs is 1. The van der Waals surface area contributed by atoms with Crippen molar-refractivity contribution < 1.29 is 19.0 Å². The van der Waals surface area contributed by atoms with E-state index in [-0.39, 0.29) is 18.6 Å². The number of halogens is 1. The average Bonchev–Trinajstić information content (AvgIpc) is 3.24. The Bertz CT molecular complexity index is 907. The van der Waals surface area contributed by atoms with Gasteiger partial charge in [-0.2, -0.15) is 0 Å². The number of aromatic nitrogens is 2. The normalized spacial score (nSPS) is 13.9. The lowest BCUT2D eigenvalue weighted by Gasteiger charge is -2.17. The summed E-state index contributed by atoms with van der Waals surface area (Å²) in [6, 6.07) is 9.89. The summed E-state index contributed by atoms with van der Waals surface area (Å²) < 4.78 is 26.3. The lowest BCUT2D eigenvalue weighted by molar-refractivity contribution is 0.174. The van der Waals surface area contributed by atoms with Gasteiger partial charge in [-0.05, 0) is 42.8 Å². The molecule has 0 radical (unpaired) electrons. The van der Waals surface area contributed by atoms with Crippen LogP contribution in [0.1, 0.15) is 18.5 Å². The van der Waals surface area contributed by atoms with Gasteiger partial charge in [0, 0.05) is 18.0 Å². The minimum absolute atomic E-state index is 0.150. The Morgan fingerprint density at radius 3 is 2.83 bits per heavy atom. The molecule has 0 saturated heterocycles. The molecule has 1 aliphatic rings. The Balaban J connectivity index is 1.73. The van der Waals surface area contributed by atoms with Crippen LogP contribution in [-0.4, -0.2) is 21.5 Å². The highest BCUT2D eigenvalue weighted by Crippen LogP contribution is 2.36. The summed E-state index contributed by atoms with van der Waals surface area (Å²) in [6.07, 6.45) is 3.54. The van der Waals surface area contributed by atoms with E-state index >= 15 is 0 Å². The lowest BCUT2D eigenvalue weighted by atomic mass is 10.1. The predicted octanol–water partition coefficient (Wildman–Crippen LogP) is 3.73. The fourth-order valence-electron chi connectivity index (χ4n) is 2.83. The van der Waals surface area contributed by atoms with E-state index in [1.54, 1.807) is 12.3 Å². The highest BCUT2D eigenvalue weighted by molar-refractivity contribution is 5.62. The molecule has 4 rings (SSSR count). The van der Waals surface area contributed by atoms with Crippen molar-refractivity contribution >= 4 is 0 Å². The number of hydrogen-bond donors (Lipinski definition) is 1. The minimum atomic E-state index is -0.635. The zero-order chi connectivity index (χ0) is 16.7. The van der Waals surface area contributed by atoms with Gasteiger partial charge >= 0.3 is 0 Å². The Morgan fingerprint density at radius 2 is 2.00 bits per heavy atom. The number of ether oxygens (including phenoxy) is 2. The maximum Gasteiger partial charge on any atom is 0.231 e. The first-order valence-corrected chi connectivity index (χ1v) is 7.55. The molecule has 122 valence electrons. The van der Waals surface area contributed by atoms with E-state index in [1.165, 1.54) is 12.1 Å². The van der Waals surface area contributed by atoms with E-state index in [1.807, 2.05) is 35.9 Å². The quantitative estimate of drug-likeness (QED) is 0.797. The van der Waals surface area contributed by atoms with Crippen LogP contribution < -0.4 is 9.47 Å². The molecule has 0 aliphatic carbocycles. The number of phenols is 1. The standard InChI is InChI=1S/C18H15FN2O3/c1-11(12-2-4-15(22)14(19)8-12)21-7-6-20-18(21)13-3-5-16-17(9-13)24-10-23-16/h2-9,11,22H,10H2,1H3. The van der Waals surface area contributed by atoms with Gasteiger partial charge in [0.1, 0.15) is 5.82 Å². The number of hydrogen-bond acceptors (Lipinski definition) is 4. The number of phenolic OH excluding ortho intramolecular Hbond substituents is 1. The number of rotatable bonds is 3. The second kappa shape index (κ2) is 5.56. The van der Waals surface area contributed by atoms with E-state index in [9.17, 15) is 9.50 Å². The van der Waals surface area contributed by atoms with Crippen molar-refractivity contribution in [3.05, 3.63) is 60.2 Å². The van der Waals surface area contributed by atoms with Crippen LogP contribution in [0.15, 0.2) is 48.8 Å². The maximum atomic E-state index is 13.6. The SMILES string of the molecule is CC(c1ccc(O)c(F)c1)n1ccnc1-c1ccc2c(c1)OCO2. The number of imidazole rings is 1. The van der Waals surface area contributed by atoms with Crippen molar-refractivity contribution in [2.24, 2.45) is 0 Å². The molecule has 2 aromatic carbocycles. The summed E-state index contributed by atoms with van der Waals surface area (Å²) in [6.45, 7) is 2.17. The van der Waals surface area contributed by atoms with Crippen molar-refractivity contribution in [2.75, 3.05) is 6.79 Å². The monoisotopic (exact) mass is 326 g/mol. The third kappa shape index (κ3) is 2.36. The van der Waals surface area contributed by atoms with E-state index < -0.39 is 5.82 Å². The molecule has 1 aliphatic heterocycles. The van der Waals surface area contributed by atoms with Gasteiger partial charge in [-0.25, -0.2) is 9.37 Å². The minimum Gasteiger partial charge on any atom is -0.505 e. The number of benzene rings is 2. The fraction of sp³-hybridized carbons (Fsp3) is 0.167. The van der Waals surface area contributed by atoms with Gasteiger partial charge in [0.25, 0.3) is 0 Å². The summed E-state index contributed by atoms with van der Waals surface area (Å²) in [7, 11) is 0. The van der Waals surface area contributed by atoms with Crippen molar-refractivity contribution in [2.45, 2.75) is 13.0 Å². The fourth-order valence-corrected chi connectivity index (χ4v) is 2.83. The van der Waals surface area contributed by atoms with Gasteiger partial charge < -0.3 is 19.1 Å². The molecule has 1 unspecified atom stereocenters. The molecule has 24 heavy (non-hydrogen) atoms. The molecule has 1 atom stereocenters. The Hall–Kier alpha value is -3.02. The molecular formula is C18H15FN2O3. The summed E-state index contributed by atoms with van der Waals surface area (Å²) >= 11 is 0. The molecule has 0 fully saturated rings. The first kappa shape index (κ1) is 14.6. The third-order valence-corrected chi connectivity index (χ3v) is 4.17. The molecule has 2 heterocycles. The first-order chi connectivity index (χ1) is 11.6. The summed E-state index contributed by atoms with van der Waals surface area (Å²) in [5.74, 6) is 1.15. The van der Waals surface area contributed by atoms with Gasteiger partial charge in [-0.1, -0.05) is 6.07 Å². The van der Waals surface area contributed by atoms with Crippen LogP contribution in [-0.2, 0) is 0 Å². The number of aromatic hydroxyl groups is 1. The highest BCUT2D eigenvalue weighted by Gasteiger charge is 2.18. The van der Waals surface area contributed by atoms with Gasteiger partial charge in [-0.3, -0.25) is 0 Å². The zero-order valence-electron chi connectivity index (χ0n) is 12.9. The molecular weight excluding hydrogens is 311 g/mol. The van der Waals surface area contributed by atoms with Crippen LogP contribution >= 0.6 is 0 Å². The van der Waals surface area contributed by atoms with Crippen LogP contribution in [0.3, 0.4) is 0 Å². The molecule has 5 nitrogen and oxygen atoms in total. The molecule has 0 amide bonds. The topological polar surface area (TPSA) is 56.5 Å². The van der Waals surface area contributed by atoms with Crippen molar-refractivity contribution in [3.8, 4) is 28.6 Å². The van der Waals surface area contributed by atoms with Gasteiger partial charge in [0.15, 0.2) is 23.1 Å². The molecule has 0 bridgehead atoms. The van der Waals surface area contributed by atoms with E-state index in [0.29, 0.717) is 11.5 Å². The van der Waals surface area contributed by atoms with Crippen molar-refractivity contribution in [1.82, 2.24) is 9.55 Å². The van der Waals surface area contributed by atoms with Crippen LogP contribution in [0.4, 0.5) is 4.39 Å². The smallest absolute Gasteiger partial charge is 0.231 e. The van der Waals surface area contributed by atoms with E-state index in [4.69, 9.17) is 9.47 Å². The Morgan fingerprint density at radius 1 is 1.17 bits per heavy atom. The Labute approximate surface area is 137 Å². The second-order valence-corrected chi connectivity index (χ2v) is 5.61. The van der Waals surface area contributed by atoms with Crippen LogP contribution in [0.2, 0.25) is 0 Å². The van der Waals surface area contributed by atoms with Gasteiger partial charge in [-0.15, -0.1) is 0 Å². The lowest BCUT2D eigenvalue weighted by Crippen LogP contribution is -2.08. The van der Waals surface area contributed by atoms with Crippen molar-refractivity contribution in [1.29, 1.82) is 0 Å². The average molecular weight is 326 g/mol. The second-order valence-electron chi connectivity index (χ2n) is 5.61. The summed E-state index contributed by atoms with van der Waals surface area (Å²) in [5.41, 5.74) is 1.63. The molecule has 0 saturated carbocycles. The molecule has 1 N–H and O–H groups in total. The highest BCUT2D eigenvalue weighted by atomic mass is 19.1. The zero-order valence-corrected chi connectivity index (χ0v) is 12.9. The summed E-state index contributed by atoms with van der Waals surface area (Å²) in [5, 5.41) is 9.36. The van der Waals surface area contributed by atoms with Crippen molar-refractivity contribution in [3.63, 3.8) is 0 Å². The van der Waals surface area contributed by atoms with E-state index in [2.05, 4.69) is 4.98 Å². The van der Waals surface area contributed by atoms with Crippen LogP contribution in [0.25, 0.3) is 11.4 Å². The number of nitrogens with zero attached hydrogens (tertiary/aromatic N) is 2. The first-order valence-electron chi connectivity index (χ1n) is 7.55. The van der Waals surface area contributed by atoms with E-state index in [0.717, 1.165) is 17.0 Å². The van der Waals surface area contributed by atoms with Crippen LogP contribution in [0.5, 0.6) is 17.2 Å². The Kier molecular flexibility index (Phi) is 3.37. The predicted molar refractivity (Wildman–Crippen MR) is 85.7 cm³/mol. The molecule has 6 heteroatoms.